The molecule has 0 fully saturated rings. The highest BCUT2D eigenvalue weighted by Gasteiger charge is 2.18. The number of anilines is 1. The van der Waals surface area contributed by atoms with Crippen molar-refractivity contribution in [2.75, 3.05) is 5.32 Å². The molecule has 0 saturated heterocycles. The van der Waals surface area contributed by atoms with Crippen molar-refractivity contribution >= 4 is 41.1 Å². The van der Waals surface area contributed by atoms with Crippen molar-refractivity contribution in [2.24, 2.45) is 0 Å². The van der Waals surface area contributed by atoms with Gasteiger partial charge < -0.3 is 14.6 Å². The van der Waals surface area contributed by atoms with Crippen LogP contribution in [0.25, 0.3) is 6.08 Å². The molecule has 9 nitrogen and oxygen atoms in total. The monoisotopic (exact) mass is 379 g/mol. The predicted molar refractivity (Wildman–Crippen MR) is 92.6 cm³/mol. The van der Waals surface area contributed by atoms with Crippen LogP contribution < -0.4 is 5.32 Å². The summed E-state index contributed by atoms with van der Waals surface area (Å²) in [6.07, 6.45) is 1.29. The first kappa shape index (κ1) is 19.1. The van der Waals surface area contributed by atoms with Crippen molar-refractivity contribution in [3.05, 3.63) is 56.8 Å². The summed E-state index contributed by atoms with van der Waals surface area (Å²) in [5, 5.41) is 16.9. The lowest BCUT2D eigenvalue weighted by molar-refractivity contribution is -0.384. The molecule has 0 spiro atoms. The molecule has 0 aliphatic carbocycles. The lowest BCUT2D eigenvalue weighted by atomic mass is 10.2. The highest BCUT2D eigenvalue weighted by atomic mass is 35.5. The quantitative estimate of drug-likeness (QED) is 0.353. The number of esters is 1. The lowest BCUT2D eigenvalue weighted by Crippen LogP contribution is -2.29. The van der Waals surface area contributed by atoms with E-state index in [0.717, 1.165) is 6.08 Å². The van der Waals surface area contributed by atoms with E-state index in [9.17, 15) is 19.7 Å². The third kappa shape index (κ3) is 5.15. The Labute approximate surface area is 152 Å². The number of aryl methyl sites for hydroxylation is 1. The Hall–Kier alpha value is -3.20. The van der Waals surface area contributed by atoms with Crippen molar-refractivity contribution in [3.8, 4) is 0 Å². The number of carbonyl (C=O) groups excluding carboxylic acids is 2. The van der Waals surface area contributed by atoms with Crippen molar-refractivity contribution in [1.82, 2.24) is 5.16 Å². The van der Waals surface area contributed by atoms with Gasteiger partial charge in [0.05, 0.1) is 4.92 Å². The van der Waals surface area contributed by atoms with E-state index < -0.39 is 22.9 Å². The molecular formula is C16H14ClN3O6. The fraction of sp³-hybridized carbons (Fsp3) is 0.188. The minimum absolute atomic E-state index is 0.0110. The van der Waals surface area contributed by atoms with Crippen molar-refractivity contribution in [3.63, 3.8) is 0 Å². The molecule has 0 radical (unpaired) electrons. The minimum atomic E-state index is -1.08. The average molecular weight is 380 g/mol. The van der Waals surface area contributed by atoms with Crippen LogP contribution in [0.2, 0.25) is 5.02 Å². The summed E-state index contributed by atoms with van der Waals surface area (Å²) >= 11 is 5.71. The number of rotatable bonds is 6. The van der Waals surface area contributed by atoms with Gasteiger partial charge in [-0.3, -0.25) is 14.9 Å². The van der Waals surface area contributed by atoms with Crippen LogP contribution in [0.5, 0.6) is 0 Å². The van der Waals surface area contributed by atoms with Gasteiger partial charge in [-0.05, 0) is 31.6 Å². The van der Waals surface area contributed by atoms with E-state index in [4.69, 9.17) is 20.9 Å². The second-order valence-corrected chi connectivity index (χ2v) is 5.60. The lowest BCUT2D eigenvalue weighted by Gasteiger charge is -2.10. The van der Waals surface area contributed by atoms with Crippen LogP contribution in [0.4, 0.5) is 11.5 Å². The molecule has 1 aromatic heterocycles. The van der Waals surface area contributed by atoms with E-state index >= 15 is 0 Å². The first-order chi connectivity index (χ1) is 12.3. The van der Waals surface area contributed by atoms with Gasteiger partial charge in [-0.15, -0.1) is 0 Å². The summed E-state index contributed by atoms with van der Waals surface area (Å²) in [5.41, 5.74) is 0.103. The van der Waals surface area contributed by atoms with E-state index in [0.29, 0.717) is 11.3 Å². The molecule has 26 heavy (non-hydrogen) atoms. The summed E-state index contributed by atoms with van der Waals surface area (Å²) in [5.74, 6) is -0.645. The Morgan fingerprint density at radius 2 is 2.15 bits per heavy atom. The molecule has 0 aliphatic rings. The van der Waals surface area contributed by atoms with Crippen LogP contribution in [0.15, 0.2) is 34.9 Å². The highest BCUT2D eigenvalue weighted by molar-refractivity contribution is 6.32. The summed E-state index contributed by atoms with van der Waals surface area (Å²) < 4.78 is 9.77. The third-order valence-electron chi connectivity index (χ3n) is 3.12. The molecule has 136 valence electrons. The van der Waals surface area contributed by atoms with Crippen molar-refractivity contribution < 1.29 is 23.8 Å². The number of ether oxygens (including phenoxy) is 1. The maximum Gasteiger partial charge on any atom is 0.331 e. The van der Waals surface area contributed by atoms with Crippen LogP contribution in [-0.2, 0) is 14.3 Å². The topological polar surface area (TPSA) is 125 Å². The van der Waals surface area contributed by atoms with E-state index in [1.54, 1.807) is 6.92 Å². The van der Waals surface area contributed by atoms with Gasteiger partial charge in [-0.25, -0.2) is 4.79 Å². The first-order valence-corrected chi connectivity index (χ1v) is 7.71. The Morgan fingerprint density at radius 3 is 2.77 bits per heavy atom. The molecule has 1 amide bonds. The van der Waals surface area contributed by atoms with Gasteiger partial charge in [-0.2, -0.15) is 0 Å². The van der Waals surface area contributed by atoms with Crippen LogP contribution in [0.3, 0.4) is 0 Å². The van der Waals surface area contributed by atoms with E-state index in [2.05, 4.69) is 10.5 Å². The molecular weight excluding hydrogens is 366 g/mol. The van der Waals surface area contributed by atoms with Gasteiger partial charge in [0.15, 0.2) is 11.9 Å². The number of carbonyl (C=O) groups is 2. The van der Waals surface area contributed by atoms with Crippen LogP contribution in [-0.4, -0.2) is 28.1 Å². The molecule has 0 saturated carbocycles. The van der Waals surface area contributed by atoms with Gasteiger partial charge in [0.1, 0.15) is 10.8 Å². The number of nitro benzene ring substituents is 1. The maximum atomic E-state index is 11.9. The van der Waals surface area contributed by atoms with Gasteiger partial charge in [0.2, 0.25) is 0 Å². The van der Waals surface area contributed by atoms with Crippen molar-refractivity contribution in [1.29, 1.82) is 0 Å². The van der Waals surface area contributed by atoms with Crippen LogP contribution in [0.1, 0.15) is 18.2 Å². The molecule has 2 rings (SSSR count). The minimum Gasteiger partial charge on any atom is -0.449 e. The number of aromatic nitrogens is 1. The number of halogens is 1. The number of nitrogens with zero attached hydrogens (tertiary/aromatic N) is 2. The number of hydrogen-bond acceptors (Lipinski definition) is 7. The Bertz CT molecular complexity index is 877. The van der Waals surface area contributed by atoms with Gasteiger partial charge >= 0.3 is 5.97 Å². The molecule has 10 heteroatoms. The first-order valence-electron chi connectivity index (χ1n) is 7.33. The van der Waals surface area contributed by atoms with Gasteiger partial charge in [0, 0.05) is 18.2 Å². The second kappa shape index (κ2) is 8.26. The Morgan fingerprint density at radius 1 is 1.42 bits per heavy atom. The molecule has 2 aromatic rings. The predicted octanol–water partition coefficient (Wildman–Crippen LogP) is 3.13. The second-order valence-electron chi connectivity index (χ2n) is 5.19. The largest absolute Gasteiger partial charge is 0.449 e. The Kier molecular flexibility index (Phi) is 6.07. The number of hydrogen-bond donors (Lipinski definition) is 1. The molecule has 1 unspecified atom stereocenters. The van der Waals surface area contributed by atoms with E-state index in [1.165, 1.54) is 37.3 Å². The fourth-order valence-electron chi connectivity index (χ4n) is 1.86. The third-order valence-corrected chi connectivity index (χ3v) is 3.44. The average Bonchev–Trinajstić information content (AvgIpc) is 2.98. The molecule has 0 aliphatic heterocycles. The zero-order valence-corrected chi connectivity index (χ0v) is 14.5. The standard InChI is InChI=1S/C16H14ClN3O6/c1-9-7-14(19-26-9)18-16(22)10(2)25-15(21)6-4-11-3-5-12(17)13(8-11)20(23)24/h3-8,10H,1-2H3,(H,18,19,22)/b6-4+. The van der Waals surface area contributed by atoms with E-state index in [1.807, 2.05) is 0 Å². The summed E-state index contributed by atoms with van der Waals surface area (Å²) in [7, 11) is 0. The molecule has 1 N–H and O–H groups in total. The fourth-order valence-corrected chi connectivity index (χ4v) is 2.04. The number of nitrogens with one attached hydrogen (secondary N) is 1. The summed E-state index contributed by atoms with van der Waals surface area (Å²) in [6, 6.07) is 5.58. The zero-order valence-electron chi connectivity index (χ0n) is 13.8. The van der Waals surface area contributed by atoms with Crippen molar-refractivity contribution in [2.45, 2.75) is 20.0 Å². The zero-order chi connectivity index (χ0) is 19.3. The van der Waals surface area contributed by atoms with E-state index in [-0.39, 0.29) is 16.5 Å². The molecule has 0 bridgehead atoms. The molecule has 1 aromatic carbocycles. The maximum absolute atomic E-state index is 11.9. The summed E-state index contributed by atoms with van der Waals surface area (Å²) in [4.78, 5) is 33.9. The van der Waals surface area contributed by atoms with Gasteiger partial charge in [-0.1, -0.05) is 22.8 Å². The highest BCUT2D eigenvalue weighted by Crippen LogP contribution is 2.25. The molecule has 1 atom stereocenters. The number of amides is 1. The normalized spacial score (nSPS) is 12.0. The smallest absolute Gasteiger partial charge is 0.331 e. The van der Waals surface area contributed by atoms with Crippen LogP contribution >= 0.6 is 11.6 Å². The Balaban J connectivity index is 1.95. The van der Waals surface area contributed by atoms with Crippen LogP contribution in [0, 0.1) is 17.0 Å². The number of benzene rings is 1. The number of nitro groups is 1. The summed E-state index contributed by atoms with van der Waals surface area (Å²) in [6.45, 7) is 3.05. The SMILES string of the molecule is Cc1cc(NC(=O)C(C)OC(=O)/C=C/c2ccc(Cl)c([N+](=O)[O-])c2)no1. The van der Waals surface area contributed by atoms with Gasteiger partial charge in [0.25, 0.3) is 11.6 Å². The molecule has 1 heterocycles.